The lowest BCUT2D eigenvalue weighted by Gasteiger charge is -2.25. The summed E-state index contributed by atoms with van der Waals surface area (Å²) in [4.78, 5) is 0. The van der Waals surface area contributed by atoms with E-state index >= 15 is 0 Å². The van der Waals surface area contributed by atoms with Crippen LogP contribution in [-0.4, -0.2) is 37.7 Å². The molecule has 1 fully saturated rings. The van der Waals surface area contributed by atoms with Crippen LogP contribution in [0, 0.1) is 6.92 Å². The van der Waals surface area contributed by atoms with Gasteiger partial charge >= 0.3 is 0 Å². The van der Waals surface area contributed by atoms with Crippen LogP contribution in [0.4, 0.5) is 0 Å². The lowest BCUT2D eigenvalue weighted by molar-refractivity contribution is 0.0926. The topological polar surface area (TPSA) is 46.6 Å². The molecule has 0 aromatic heterocycles. The quantitative estimate of drug-likeness (QED) is 0.738. The second-order valence-electron chi connectivity index (χ2n) is 6.09. The highest BCUT2D eigenvalue weighted by atomic mass is 32.2. The molecule has 1 aliphatic heterocycles. The third-order valence-electron chi connectivity index (χ3n) is 4.02. The van der Waals surface area contributed by atoms with E-state index in [4.69, 9.17) is 4.74 Å². The maximum atomic E-state index is 12.6. The molecule has 124 valence electrons. The van der Waals surface area contributed by atoms with Crippen molar-refractivity contribution in [1.29, 1.82) is 0 Å². The SMILES string of the molecule is CCCCS(=O)(=O)N(Cc1cccc(C)c1)CC1CCCO1. The summed E-state index contributed by atoms with van der Waals surface area (Å²) in [5, 5.41) is 0. The summed E-state index contributed by atoms with van der Waals surface area (Å²) < 4.78 is 32.5. The standard InChI is InChI=1S/C17H27NO3S/c1-3-4-11-22(19,20)18(14-17-9-6-10-21-17)13-16-8-5-7-15(2)12-16/h5,7-8,12,17H,3-4,6,9-11,13-14H2,1-2H3. The summed E-state index contributed by atoms with van der Waals surface area (Å²) in [5.41, 5.74) is 2.19. The number of rotatable bonds is 8. The number of hydrogen-bond acceptors (Lipinski definition) is 3. The molecule has 1 aromatic rings. The third kappa shape index (κ3) is 5.07. The average molecular weight is 325 g/mol. The average Bonchev–Trinajstić information content (AvgIpc) is 2.98. The number of benzene rings is 1. The van der Waals surface area contributed by atoms with Gasteiger partial charge in [-0.2, -0.15) is 4.31 Å². The van der Waals surface area contributed by atoms with Gasteiger partial charge in [0, 0.05) is 19.7 Å². The molecule has 1 heterocycles. The zero-order valence-corrected chi connectivity index (χ0v) is 14.4. The van der Waals surface area contributed by atoms with Gasteiger partial charge < -0.3 is 4.74 Å². The van der Waals surface area contributed by atoms with Crippen LogP contribution in [0.5, 0.6) is 0 Å². The Labute approximate surface area is 134 Å². The van der Waals surface area contributed by atoms with E-state index < -0.39 is 10.0 Å². The van der Waals surface area contributed by atoms with Crippen molar-refractivity contribution < 1.29 is 13.2 Å². The molecular formula is C17H27NO3S. The fourth-order valence-corrected chi connectivity index (χ4v) is 4.41. The molecule has 2 rings (SSSR count). The fourth-order valence-electron chi connectivity index (χ4n) is 2.76. The van der Waals surface area contributed by atoms with E-state index in [0.717, 1.165) is 37.0 Å². The first kappa shape index (κ1) is 17.4. The Bertz CT molecular complexity index is 565. The van der Waals surface area contributed by atoms with Gasteiger partial charge in [0.2, 0.25) is 10.0 Å². The Morgan fingerprint density at radius 2 is 2.18 bits per heavy atom. The van der Waals surface area contributed by atoms with Crippen LogP contribution in [0.1, 0.15) is 43.7 Å². The molecule has 0 saturated carbocycles. The molecule has 1 unspecified atom stereocenters. The molecule has 1 atom stereocenters. The minimum absolute atomic E-state index is 0.0428. The maximum Gasteiger partial charge on any atom is 0.214 e. The maximum absolute atomic E-state index is 12.6. The van der Waals surface area contributed by atoms with Crippen LogP contribution in [0.2, 0.25) is 0 Å². The molecule has 1 aromatic carbocycles. The van der Waals surface area contributed by atoms with Crippen molar-refractivity contribution in [2.45, 2.75) is 52.2 Å². The second-order valence-corrected chi connectivity index (χ2v) is 8.17. The van der Waals surface area contributed by atoms with Crippen LogP contribution < -0.4 is 0 Å². The van der Waals surface area contributed by atoms with E-state index in [-0.39, 0.29) is 11.9 Å². The van der Waals surface area contributed by atoms with Crippen molar-refractivity contribution >= 4 is 10.0 Å². The number of ether oxygens (including phenoxy) is 1. The van der Waals surface area contributed by atoms with Crippen molar-refractivity contribution in [3.8, 4) is 0 Å². The molecule has 0 N–H and O–H groups in total. The molecule has 4 nitrogen and oxygen atoms in total. The Morgan fingerprint density at radius 1 is 1.36 bits per heavy atom. The summed E-state index contributed by atoms with van der Waals surface area (Å²) in [6.07, 6.45) is 3.61. The van der Waals surface area contributed by atoms with E-state index in [9.17, 15) is 8.42 Å². The highest BCUT2D eigenvalue weighted by molar-refractivity contribution is 7.89. The predicted molar refractivity (Wildman–Crippen MR) is 89.3 cm³/mol. The summed E-state index contributed by atoms with van der Waals surface area (Å²) >= 11 is 0. The van der Waals surface area contributed by atoms with Crippen LogP contribution in [0.25, 0.3) is 0 Å². The van der Waals surface area contributed by atoms with E-state index in [1.54, 1.807) is 4.31 Å². The molecule has 0 spiro atoms. The van der Waals surface area contributed by atoms with Gasteiger partial charge in [0.05, 0.1) is 11.9 Å². The zero-order chi connectivity index (χ0) is 16.0. The van der Waals surface area contributed by atoms with E-state index in [2.05, 4.69) is 6.07 Å². The van der Waals surface area contributed by atoms with E-state index in [1.165, 1.54) is 0 Å². The second kappa shape index (κ2) is 8.09. The smallest absolute Gasteiger partial charge is 0.214 e. The Morgan fingerprint density at radius 3 is 2.82 bits per heavy atom. The van der Waals surface area contributed by atoms with Gasteiger partial charge in [0.15, 0.2) is 0 Å². The lowest BCUT2D eigenvalue weighted by atomic mass is 10.1. The summed E-state index contributed by atoms with van der Waals surface area (Å²) in [5.74, 6) is 0.224. The molecule has 0 amide bonds. The van der Waals surface area contributed by atoms with Gasteiger partial charge in [-0.15, -0.1) is 0 Å². The van der Waals surface area contributed by atoms with E-state index in [0.29, 0.717) is 19.5 Å². The van der Waals surface area contributed by atoms with Crippen molar-refractivity contribution in [1.82, 2.24) is 4.31 Å². The minimum atomic E-state index is -3.23. The summed E-state index contributed by atoms with van der Waals surface area (Å²) in [7, 11) is -3.23. The molecule has 1 aliphatic rings. The number of unbranched alkanes of at least 4 members (excludes halogenated alkanes) is 1. The minimum Gasteiger partial charge on any atom is -0.377 e. The molecule has 0 aliphatic carbocycles. The van der Waals surface area contributed by atoms with Crippen molar-refractivity contribution in [2.75, 3.05) is 18.9 Å². The van der Waals surface area contributed by atoms with Gasteiger partial charge in [-0.1, -0.05) is 43.2 Å². The number of nitrogens with zero attached hydrogens (tertiary/aromatic N) is 1. The Balaban J connectivity index is 2.12. The van der Waals surface area contributed by atoms with Gasteiger partial charge in [0.25, 0.3) is 0 Å². The third-order valence-corrected chi connectivity index (χ3v) is 5.89. The highest BCUT2D eigenvalue weighted by Gasteiger charge is 2.27. The highest BCUT2D eigenvalue weighted by Crippen LogP contribution is 2.19. The van der Waals surface area contributed by atoms with Crippen molar-refractivity contribution in [2.24, 2.45) is 0 Å². The first-order valence-corrected chi connectivity index (χ1v) is 9.77. The Kier molecular flexibility index (Phi) is 6.41. The van der Waals surface area contributed by atoms with Gasteiger partial charge in [-0.05, 0) is 31.7 Å². The van der Waals surface area contributed by atoms with Gasteiger partial charge in [0.1, 0.15) is 0 Å². The summed E-state index contributed by atoms with van der Waals surface area (Å²) in [6.45, 7) is 5.70. The largest absolute Gasteiger partial charge is 0.377 e. The molecule has 0 radical (unpaired) electrons. The molecular weight excluding hydrogens is 298 g/mol. The molecule has 1 saturated heterocycles. The van der Waals surface area contributed by atoms with Gasteiger partial charge in [-0.3, -0.25) is 0 Å². The van der Waals surface area contributed by atoms with Crippen LogP contribution >= 0.6 is 0 Å². The fraction of sp³-hybridized carbons (Fsp3) is 0.647. The Hall–Kier alpha value is -0.910. The normalized spacial score (nSPS) is 19.0. The molecule has 22 heavy (non-hydrogen) atoms. The lowest BCUT2D eigenvalue weighted by Crippen LogP contribution is -2.38. The van der Waals surface area contributed by atoms with E-state index in [1.807, 2.05) is 32.0 Å². The summed E-state index contributed by atoms with van der Waals surface area (Å²) in [6, 6.07) is 8.05. The van der Waals surface area contributed by atoms with Gasteiger partial charge in [-0.25, -0.2) is 8.42 Å². The van der Waals surface area contributed by atoms with Crippen LogP contribution in [-0.2, 0) is 21.3 Å². The molecule has 5 heteroatoms. The van der Waals surface area contributed by atoms with Crippen LogP contribution in [0.3, 0.4) is 0 Å². The van der Waals surface area contributed by atoms with Crippen molar-refractivity contribution in [3.63, 3.8) is 0 Å². The molecule has 0 bridgehead atoms. The zero-order valence-electron chi connectivity index (χ0n) is 13.6. The van der Waals surface area contributed by atoms with Crippen LogP contribution in [0.15, 0.2) is 24.3 Å². The first-order valence-electron chi connectivity index (χ1n) is 8.16. The monoisotopic (exact) mass is 325 g/mol. The number of aryl methyl sites for hydroxylation is 1. The number of hydrogen-bond donors (Lipinski definition) is 0. The first-order chi connectivity index (χ1) is 10.5. The number of sulfonamides is 1. The predicted octanol–water partition coefficient (Wildman–Crippen LogP) is 3.11. The van der Waals surface area contributed by atoms with Crippen molar-refractivity contribution in [3.05, 3.63) is 35.4 Å².